The van der Waals surface area contributed by atoms with Gasteiger partial charge in [0.1, 0.15) is 24.6 Å². The highest BCUT2D eigenvalue weighted by atomic mass is 16.6. The Morgan fingerprint density at radius 1 is 1.22 bits per heavy atom. The lowest BCUT2D eigenvalue weighted by atomic mass is 10.1. The summed E-state index contributed by atoms with van der Waals surface area (Å²) in [6.07, 6.45) is -2.20. The number of nitrogens with zero attached hydrogens (tertiary/aromatic N) is 2. The Morgan fingerprint density at radius 2 is 1.93 bits per heavy atom. The molecule has 1 aromatic heterocycles. The van der Waals surface area contributed by atoms with Gasteiger partial charge in [0.05, 0.1) is 0 Å². The van der Waals surface area contributed by atoms with Crippen LogP contribution >= 0.6 is 0 Å². The van der Waals surface area contributed by atoms with E-state index in [2.05, 4.69) is 10.3 Å². The summed E-state index contributed by atoms with van der Waals surface area (Å²) < 4.78 is 22.5. The number of carbonyl (C=O) groups is 3. The molecule has 11 heteroatoms. The van der Waals surface area contributed by atoms with Crippen molar-refractivity contribution in [3.8, 4) is 0 Å². The van der Waals surface area contributed by atoms with Crippen molar-refractivity contribution in [1.82, 2.24) is 9.55 Å². The van der Waals surface area contributed by atoms with Crippen molar-refractivity contribution in [2.24, 2.45) is 0 Å². The molecule has 2 heterocycles. The van der Waals surface area contributed by atoms with Gasteiger partial charge in [-0.1, -0.05) is 0 Å². The lowest BCUT2D eigenvalue weighted by Gasteiger charge is -2.23. The van der Waals surface area contributed by atoms with Crippen molar-refractivity contribution in [3.63, 3.8) is 0 Å². The van der Waals surface area contributed by atoms with E-state index in [0.717, 1.165) is 4.57 Å². The Kier molecular flexibility index (Phi) is 6.64. The largest absolute Gasteiger partial charge is 0.463 e. The lowest BCUT2D eigenvalue weighted by molar-refractivity contribution is -0.158. The van der Waals surface area contributed by atoms with Crippen LogP contribution < -0.4 is 11.0 Å². The van der Waals surface area contributed by atoms with Gasteiger partial charge < -0.3 is 24.3 Å². The molecule has 0 saturated carbocycles. The van der Waals surface area contributed by atoms with E-state index in [-0.39, 0.29) is 18.3 Å². The third-order valence-electron chi connectivity index (χ3n) is 3.72. The minimum atomic E-state index is -0.980. The molecule has 1 aliphatic heterocycles. The van der Waals surface area contributed by atoms with Crippen LogP contribution in [0, 0.1) is 0 Å². The predicted molar refractivity (Wildman–Crippen MR) is 89.7 cm³/mol. The van der Waals surface area contributed by atoms with Crippen LogP contribution in [0.5, 0.6) is 0 Å². The smallest absolute Gasteiger partial charge is 0.351 e. The summed E-state index contributed by atoms with van der Waals surface area (Å²) in [5, 5.41) is 2.40. The number of aromatic nitrogens is 2. The van der Waals surface area contributed by atoms with Gasteiger partial charge in [-0.25, -0.2) is 4.79 Å². The summed E-state index contributed by atoms with van der Waals surface area (Å²) in [6, 6.07) is 1.42. The number of hydrogen-bond acceptors (Lipinski definition) is 9. The van der Waals surface area contributed by atoms with Crippen LogP contribution in [0.1, 0.15) is 27.0 Å². The highest BCUT2D eigenvalue weighted by Crippen LogP contribution is 2.33. The van der Waals surface area contributed by atoms with E-state index in [1.54, 1.807) is 0 Å². The van der Waals surface area contributed by atoms with E-state index < -0.39 is 42.2 Å². The van der Waals surface area contributed by atoms with Gasteiger partial charge in [-0.15, -0.1) is 0 Å². The van der Waals surface area contributed by atoms with Crippen molar-refractivity contribution in [3.05, 3.63) is 22.7 Å². The first kappa shape index (κ1) is 20.5. The maximum Gasteiger partial charge on any atom is 0.351 e. The molecule has 11 nitrogen and oxygen atoms in total. The zero-order valence-electron chi connectivity index (χ0n) is 15.3. The average molecular weight is 383 g/mol. The molecule has 0 bridgehead atoms. The maximum atomic E-state index is 12.3. The summed E-state index contributed by atoms with van der Waals surface area (Å²) in [6.45, 7) is 3.56. The summed E-state index contributed by atoms with van der Waals surface area (Å²) in [5.74, 6) is -1.40. The van der Waals surface area contributed by atoms with Gasteiger partial charge in [-0.05, 0) is 6.07 Å². The van der Waals surface area contributed by atoms with Crippen LogP contribution in [0.4, 0.5) is 5.82 Å². The van der Waals surface area contributed by atoms with Gasteiger partial charge in [0.15, 0.2) is 12.3 Å². The number of nitrogens with one attached hydrogen (secondary N) is 1. The van der Waals surface area contributed by atoms with Crippen molar-refractivity contribution in [2.45, 2.75) is 45.3 Å². The Bertz CT molecular complexity index is 777. The monoisotopic (exact) mass is 383 g/mol. The van der Waals surface area contributed by atoms with Crippen LogP contribution in [-0.4, -0.2) is 59.4 Å². The molecule has 0 aliphatic carbocycles. The van der Waals surface area contributed by atoms with Gasteiger partial charge in [0.2, 0.25) is 5.91 Å². The number of rotatable bonds is 6. The standard InChI is InChI=1S/C16H21N3O8/c1-8(20)17-12-5-6-19(16(23)18-12)15-14(24-4)13(26-10(3)22)11(27-15)7-25-9(2)21/h5-6,11,13-15H,7H2,1-4H3,(H,17,18,20,23)/t11-,13?,14?,15-/m1/s1. The highest BCUT2D eigenvalue weighted by Gasteiger charge is 2.49. The summed E-state index contributed by atoms with van der Waals surface area (Å²) in [4.78, 5) is 49.7. The number of methoxy groups -OCH3 is 1. The number of amides is 1. The molecule has 148 valence electrons. The first-order valence-electron chi connectivity index (χ1n) is 8.08. The normalized spacial score (nSPS) is 24.3. The zero-order valence-corrected chi connectivity index (χ0v) is 15.3. The molecule has 0 radical (unpaired) electrons. The van der Waals surface area contributed by atoms with E-state index in [1.807, 2.05) is 0 Å². The van der Waals surface area contributed by atoms with Gasteiger partial charge in [-0.3, -0.25) is 19.0 Å². The molecule has 27 heavy (non-hydrogen) atoms. The van der Waals surface area contributed by atoms with Gasteiger partial charge >= 0.3 is 17.6 Å². The Morgan fingerprint density at radius 3 is 2.44 bits per heavy atom. The maximum absolute atomic E-state index is 12.3. The molecule has 2 unspecified atom stereocenters. The van der Waals surface area contributed by atoms with Gasteiger partial charge in [0.25, 0.3) is 0 Å². The second kappa shape index (κ2) is 8.73. The first-order valence-corrected chi connectivity index (χ1v) is 8.08. The molecule has 4 atom stereocenters. The summed E-state index contributed by atoms with van der Waals surface area (Å²) in [7, 11) is 1.37. The Hall–Kier alpha value is -2.79. The fourth-order valence-electron chi connectivity index (χ4n) is 2.71. The summed E-state index contributed by atoms with van der Waals surface area (Å²) >= 11 is 0. The van der Waals surface area contributed by atoms with Crippen LogP contribution in [0.25, 0.3) is 0 Å². The second-order valence-corrected chi connectivity index (χ2v) is 5.83. The van der Waals surface area contributed by atoms with Crippen LogP contribution in [0.15, 0.2) is 17.1 Å². The van der Waals surface area contributed by atoms with E-state index in [9.17, 15) is 19.2 Å². The topological polar surface area (TPSA) is 135 Å². The fourth-order valence-corrected chi connectivity index (χ4v) is 2.71. The Labute approximate surface area is 154 Å². The number of anilines is 1. The quantitative estimate of drug-likeness (QED) is 0.651. The van der Waals surface area contributed by atoms with Gasteiger partial charge in [0, 0.05) is 34.1 Å². The molecule has 1 amide bonds. The zero-order chi connectivity index (χ0) is 20.1. The number of carbonyl (C=O) groups excluding carboxylic acids is 3. The van der Waals surface area contributed by atoms with Crippen LogP contribution in [0.2, 0.25) is 0 Å². The molecule has 2 rings (SSSR count). The fraction of sp³-hybridized carbons (Fsp3) is 0.562. The third-order valence-corrected chi connectivity index (χ3v) is 3.72. The minimum Gasteiger partial charge on any atom is -0.463 e. The summed E-state index contributed by atoms with van der Waals surface area (Å²) in [5.41, 5.74) is -0.706. The van der Waals surface area contributed by atoms with E-state index in [1.165, 1.54) is 40.1 Å². The predicted octanol–water partition coefficient (Wildman–Crippen LogP) is -0.391. The number of hydrogen-bond donors (Lipinski definition) is 1. The lowest BCUT2D eigenvalue weighted by Crippen LogP contribution is -2.40. The average Bonchev–Trinajstić information content (AvgIpc) is 2.89. The molecule has 1 aromatic rings. The second-order valence-electron chi connectivity index (χ2n) is 5.83. The van der Waals surface area contributed by atoms with Crippen LogP contribution in [0.3, 0.4) is 0 Å². The molecular formula is C16H21N3O8. The highest BCUT2D eigenvalue weighted by molar-refractivity contribution is 5.87. The van der Waals surface area contributed by atoms with Crippen molar-refractivity contribution >= 4 is 23.7 Å². The van der Waals surface area contributed by atoms with Crippen molar-refractivity contribution in [2.75, 3.05) is 19.0 Å². The minimum absolute atomic E-state index is 0.0868. The molecule has 0 aromatic carbocycles. The van der Waals surface area contributed by atoms with Crippen LogP contribution in [-0.2, 0) is 33.3 Å². The molecular weight excluding hydrogens is 362 g/mol. The molecule has 1 fully saturated rings. The van der Waals surface area contributed by atoms with E-state index in [4.69, 9.17) is 18.9 Å². The molecule has 0 spiro atoms. The molecule has 1 saturated heterocycles. The van der Waals surface area contributed by atoms with Crippen molar-refractivity contribution < 1.29 is 33.3 Å². The third kappa shape index (κ3) is 5.11. The Balaban J connectivity index is 2.31. The van der Waals surface area contributed by atoms with Crippen molar-refractivity contribution in [1.29, 1.82) is 0 Å². The van der Waals surface area contributed by atoms with E-state index in [0.29, 0.717) is 0 Å². The number of ether oxygens (including phenoxy) is 4. The number of esters is 2. The SMILES string of the molecule is COC1C(OC(C)=O)[C@@H](COC(C)=O)O[C@H]1n1ccc(NC(C)=O)nc1=O. The molecule has 1 aliphatic rings. The van der Waals surface area contributed by atoms with Gasteiger partial charge in [-0.2, -0.15) is 4.98 Å². The molecule has 1 N–H and O–H groups in total. The first-order chi connectivity index (χ1) is 12.7. The van der Waals surface area contributed by atoms with E-state index >= 15 is 0 Å².